The van der Waals surface area contributed by atoms with Gasteiger partial charge in [-0.15, -0.1) is 0 Å². The molecule has 3 aromatic heterocycles. The van der Waals surface area contributed by atoms with Gasteiger partial charge < -0.3 is 0 Å². The van der Waals surface area contributed by atoms with Crippen molar-refractivity contribution in [1.29, 1.82) is 0 Å². The highest BCUT2D eigenvalue weighted by molar-refractivity contribution is 5.68. The molecule has 0 aliphatic heterocycles. The van der Waals surface area contributed by atoms with E-state index in [9.17, 15) is 0 Å². The van der Waals surface area contributed by atoms with Crippen LogP contribution in [0.3, 0.4) is 0 Å². The minimum Gasteiger partial charge on any atom is -0.260 e. The first-order valence-electron chi connectivity index (χ1n) is 6.82. The van der Waals surface area contributed by atoms with Crippen LogP contribution in [0.1, 0.15) is 24.1 Å². The van der Waals surface area contributed by atoms with E-state index in [1.807, 2.05) is 29.2 Å². The topological polar surface area (TPSA) is 30.2 Å². The summed E-state index contributed by atoms with van der Waals surface area (Å²) >= 11 is 0. The quantitative estimate of drug-likeness (QED) is 0.662. The van der Waals surface area contributed by atoms with E-state index in [0.717, 1.165) is 11.9 Å². The highest BCUT2D eigenvalue weighted by Crippen LogP contribution is 2.26. The number of fused-ring (bicyclic) bond motifs is 2. The van der Waals surface area contributed by atoms with Crippen LogP contribution in [0.15, 0.2) is 42.9 Å². The lowest BCUT2D eigenvalue weighted by Crippen LogP contribution is -2.05. The summed E-state index contributed by atoms with van der Waals surface area (Å²) in [6.07, 6.45) is 10.7. The molecule has 3 heterocycles. The van der Waals surface area contributed by atoms with Gasteiger partial charge in [0.25, 0.3) is 0 Å². The van der Waals surface area contributed by atoms with E-state index in [1.54, 1.807) is 0 Å². The number of pyridine rings is 2. The zero-order valence-electron chi connectivity index (χ0n) is 10.7. The van der Waals surface area contributed by atoms with E-state index >= 15 is 0 Å². The molecule has 19 heavy (non-hydrogen) atoms. The Morgan fingerprint density at radius 1 is 1.00 bits per heavy atom. The summed E-state index contributed by atoms with van der Waals surface area (Å²) in [5, 5.41) is 4.22. The van der Waals surface area contributed by atoms with Gasteiger partial charge in [-0.1, -0.05) is 0 Å². The number of aryl methyl sites for hydroxylation is 2. The average molecular weight is 249 g/mol. The van der Waals surface area contributed by atoms with Crippen LogP contribution in [0.5, 0.6) is 0 Å². The average Bonchev–Trinajstić information content (AvgIpc) is 2.94. The molecule has 0 N–H and O–H groups in total. The summed E-state index contributed by atoms with van der Waals surface area (Å²) in [6, 6.07) is 8.60. The number of hydrogen-bond donors (Lipinski definition) is 0. The van der Waals surface area contributed by atoms with Crippen molar-refractivity contribution >= 4 is 5.52 Å². The maximum atomic E-state index is 4.64. The Morgan fingerprint density at radius 2 is 1.95 bits per heavy atom. The lowest BCUT2D eigenvalue weighted by atomic mass is 9.94. The summed E-state index contributed by atoms with van der Waals surface area (Å²) < 4.78 is 1.88. The van der Waals surface area contributed by atoms with Crippen LogP contribution in [-0.4, -0.2) is 14.6 Å². The van der Waals surface area contributed by atoms with Gasteiger partial charge in [0, 0.05) is 29.8 Å². The van der Waals surface area contributed by atoms with E-state index in [4.69, 9.17) is 0 Å². The van der Waals surface area contributed by atoms with E-state index in [-0.39, 0.29) is 0 Å². The third-order valence-corrected chi connectivity index (χ3v) is 3.90. The molecule has 3 aromatic rings. The number of hydrogen-bond acceptors (Lipinski definition) is 2. The van der Waals surface area contributed by atoms with Crippen LogP contribution in [0.25, 0.3) is 16.6 Å². The fourth-order valence-electron chi connectivity index (χ4n) is 2.85. The van der Waals surface area contributed by atoms with E-state index in [1.165, 1.54) is 41.6 Å². The SMILES string of the molecule is c1cc2cc(-c3cnc4c(c3)CCCC4)ccn2n1. The highest BCUT2D eigenvalue weighted by Gasteiger charge is 2.11. The van der Waals surface area contributed by atoms with Crippen LogP contribution in [0.4, 0.5) is 0 Å². The van der Waals surface area contributed by atoms with Crippen LogP contribution in [0.2, 0.25) is 0 Å². The minimum atomic E-state index is 1.12. The minimum absolute atomic E-state index is 1.12. The first kappa shape index (κ1) is 10.7. The van der Waals surface area contributed by atoms with Crippen molar-refractivity contribution in [3.63, 3.8) is 0 Å². The molecular formula is C16H15N3. The summed E-state index contributed by atoms with van der Waals surface area (Å²) in [6.45, 7) is 0. The molecule has 0 saturated carbocycles. The molecule has 0 amide bonds. The molecule has 0 aromatic carbocycles. The second-order valence-electron chi connectivity index (χ2n) is 5.15. The van der Waals surface area contributed by atoms with Gasteiger partial charge in [0.2, 0.25) is 0 Å². The Bertz CT molecular complexity index is 743. The van der Waals surface area contributed by atoms with Crippen LogP contribution in [0, 0.1) is 0 Å². The molecule has 3 heteroatoms. The van der Waals surface area contributed by atoms with Crippen molar-refractivity contribution in [2.45, 2.75) is 25.7 Å². The van der Waals surface area contributed by atoms with Crippen molar-refractivity contribution in [2.75, 3.05) is 0 Å². The molecule has 4 rings (SSSR count). The van der Waals surface area contributed by atoms with Crippen molar-refractivity contribution in [1.82, 2.24) is 14.6 Å². The van der Waals surface area contributed by atoms with Gasteiger partial charge in [-0.3, -0.25) is 4.98 Å². The molecule has 0 spiro atoms. The normalized spacial score (nSPS) is 14.5. The maximum Gasteiger partial charge on any atom is 0.0667 e. The maximum absolute atomic E-state index is 4.64. The Balaban J connectivity index is 1.82. The Hall–Kier alpha value is -2.16. The van der Waals surface area contributed by atoms with Crippen molar-refractivity contribution in [3.05, 3.63) is 54.1 Å². The van der Waals surface area contributed by atoms with E-state index in [2.05, 4.69) is 28.3 Å². The standard InChI is InChI=1S/C16H15N3/c1-2-4-16-13(3-1)9-14(11-17-16)12-6-8-19-15(10-12)5-7-18-19/h5-11H,1-4H2. The van der Waals surface area contributed by atoms with Crippen LogP contribution in [-0.2, 0) is 12.8 Å². The Labute approximate surface area is 111 Å². The highest BCUT2D eigenvalue weighted by atomic mass is 15.2. The first-order valence-corrected chi connectivity index (χ1v) is 6.82. The monoisotopic (exact) mass is 249 g/mol. The van der Waals surface area contributed by atoms with Gasteiger partial charge in [0.1, 0.15) is 0 Å². The lowest BCUT2D eigenvalue weighted by molar-refractivity contribution is 0.668. The lowest BCUT2D eigenvalue weighted by Gasteiger charge is -2.15. The van der Waals surface area contributed by atoms with E-state index in [0.29, 0.717) is 0 Å². The van der Waals surface area contributed by atoms with Gasteiger partial charge in [-0.25, -0.2) is 4.52 Å². The van der Waals surface area contributed by atoms with Gasteiger partial charge in [-0.2, -0.15) is 5.10 Å². The largest absolute Gasteiger partial charge is 0.260 e. The van der Waals surface area contributed by atoms with Gasteiger partial charge >= 0.3 is 0 Å². The zero-order chi connectivity index (χ0) is 12.7. The smallest absolute Gasteiger partial charge is 0.0667 e. The molecule has 3 nitrogen and oxygen atoms in total. The summed E-state index contributed by atoms with van der Waals surface area (Å²) in [4.78, 5) is 4.64. The van der Waals surface area contributed by atoms with Gasteiger partial charge in [0.05, 0.1) is 5.52 Å². The number of aromatic nitrogens is 3. The Kier molecular flexibility index (Phi) is 2.37. The fraction of sp³-hybridized carbons (Fsp3) is 0.250. The predicted molar refractivity (Wildman–Crippen MR) is 75.1 cm³/mol. The summed E-state index contributed by atoms with van der Waals surface area (Å²) in [5.41, 5.74) is 6.27. The molecule has 0 fully saturated rings. The van der Waals surface area contributed by atoms with Crippen molar-refractivity contribution < 1.29 is 0 Å². The molecule has 1 aliphatic rings. The van der Waals surface area contributed by atoms with Crippen molar-refractivity contribution in [3.8, 4) is 11.1 Å². The molecule has 0 saturated heterocycles. The third kappa shape index (κ3) is 1.82. The molecular weight excluding hydrogens is 234 g/mol. The summed E-state index contributed by atoms with van der Waals surface area (Å²) in [7, 11) is 0. The molecule has 0 atom stereocenters. The van der Waals surface area contributed by atoms with E-state index < -0.39 is 0 Å². The summed E-state index contributed by atoms with van der Waals surface area (Å²) in [5.74, 6) is 0. The molecule has 0 bridgehead atoms. The molecule has 1 aliphatic carbocycles. The molecule has 0 radical (unpaired) electrons. The third-order valence-electron chi connectivity index (χ3n) is 3.90. The predicted octanol–water partition coefficient (Wildman–Crippen LogP) is 3.28. The van der Waals surface area contributed by atoms with Crippen molar-refractivity contribution in [2.24, 2.45) is 0 Å². The zero-order valence-corrected chi connectivity index (χ0v) is 10.7. The second-order valence-corrected chi connectivity index (χ2v) is 5.15. The second kappa shape index (κ2) is 4.19. The Morgan fingerprint density at radius 3 is 2.95 bits per heavy atom. The van der Waals surface area contributed by atoms with Crippen LogP contribution < -0.4 is 0 Å². The fourth-order valence-corrected chi connectivity index (χ4v) is 2.85. The molecule has 0 unspecified atom stereocenters. The van der Waals surface area contributed by atoms with Crippen LogP contribution >= 0.6 is 0 Å². The number of rotatable bonds is 1. The van der Waals surface area contributed by atoms with Gasteiger partial charge in [0.15, 0.2) is 0 Å². The van der Waals surface area contributed by atoms with Gasteiger partial charge in [-0.05, 0) is 61.1 Å². The number of nitrogens with zero attached hydrogens (tertiary/aromatic N) is 3. The first-order chi connectivity index (χ1) is 9.40. The molecule has 94 valence electrons.